The van der Waals surface area contributed by atoms with Crippen molar-refractivity contribution in [3.8, 4) is 5.75 Å². The molecular formula is C19H22ClNO2S. The molecule has 2 aromatic rings. The highest BCUT2D eigenvalue weighted by molar-refractivity contribution is 8.00. The van der Waals surface area contributed by atoms with Crippen molar-refractivity contribution in [2.45, 2.75) is 36.5 Å². The van der Waals surface area contributed by atoms with Gasteiger partial charge in [-0.3, -0.25) is 4.79 Å². The average Bonchev–Trinajstić information content (AvgIpc) is 2.60. The van der Waals surface area contributed by atoms with Crippen LogP contribution in [-0.2, 0) is 4.79 Å². The Kier molecular flexibility index (Phi) is 7.00. The second-order valence-corrected chi connectivity index (χ2v) is 7.31. The van der Waals surface area contributed by atoms with Gasteiger partial charge in [0.25, 0.3) is 0 Å². The predicted molar refractivity (Wildman–Crippen MR) is 101 cm³/mol. The number of halogens is 1. The van der Waals surface area contributed by atoms with Crippen LogP contribution in [0.4, 0.5) is 0 Å². The average molecular weight is 364 g/mol. The van der Waals surface area contributed by atoms with Gasteiger partial charge < -0.3 is 10.1 Å². The molecule has 0 saturated carbocycles. The third-order valence-electron chi connectivity index (χ3n) is 3.72. The summed E-state index contributed by atoms with van der Waals surface area (Å²) in [5.41, 5.74) is 1.03. The van der Waals surface area contributed by atoms with Crippen LogP contribution in [0.5, 0.6) is 5.75 Å². The van der Waals surface area contributed by atoms with Crippen LogP contribution in [0.3, 0.4) is 0 Å². The van der Waals surface area contributed by atoms with E-state index < -0.39 is 0 Å². The second-order valence-electron chi connectivity index (χ2n) is 5.46. The number of benzene rings is 2. The molecule has 0 saturated heterocycles. The van der Waals surface area contributed by atoms with E-state index >= 15 is 0 Å². The van der Waals surface area contributed by atoms with Crippen molar-refractivity contribution in [3.63, 3.8) is 0 Å². The van der Waals surface area contributed by atoms with Gasteiger partial charge in [0.15, 0.2) is 0 Å². The highest BCUT2D eigenvalue weighted by Gasteiger charge is 2.19. The van der Waals surface area contributed by atoms with Crippen LogP contribution in [0.25, 0.3) is 0 Å². The van der Waals surface area contributed by atoms with E-state index in [0.717, 1.165) is 22.6 Å². The number of carbonyl (C=O) groups excluding carboxylic acids is 1. The van der Waals surface area contributed by atoms with Crippen molar-refractivity contribution >= 4 is 29.3 Å². The third-order valence-corrected chi connectivity index (χ3v) is 5.06. The van der Waals surface area contributed by atoms with E-state index in [-0.39, 0.29) is 17.2 Å². The van der Waals surface area contributed by atoms with Crippen molar-refractivity contribution in [2.75, 3.05) is 7.11 Å². The molecule has 0 aliphatic rings. The summed E-state index contributed by atoms with van der Waals surface area (Å²) in [4.78, 5) is 13.5. The lowest BCUT2D eigenvalue weighted by Crippen LogP contribution is -2.34. The van der Waals surface area contributed by atoms with Gasteiger partial charge in [-0.1, -0.05) is 30.7 Å². The minimum absolute atomic E-state index is 0.0163. The van der Waals surface area contributed by atoms with Crippen LogP contribution in [-0.4, -0.2) is 18.3 Å². The SMILES string of the molecule is CCC(NC(=O)C(C)Sc1ccc(OC)cc1)c1cccc(Cl)c1. The standard InChI is InChI=1S/C19H22ClNO2S/c1-4-18(14-6-5-7-15(20)12-14)21-19(22)13(2)24-17-10-8-16(23-3)9-11-17/h5-13,18H,4H2,1-3H3,(H,21,22). The van der Waals surface area contributed by atoms with E-state index in [1.165, 1.54) is 11.8 Å². The Labute approximate surface area is 152 Å². The zero-order chi connectivity index (χ0) is 17.5. The van der Waals surface area contributed by atoms with Crippen molar-refractivity contribution in [1.29, 1.82) is 0 Å². The van der Waals surface area contributed by atoms with Crippen LogP contribution >= 0.6 is 23.4 Å². The largest absolute Gasteiger partial charge is 0.497 e. The van der Waals surface area contributed by atoms with Gasteiger partial charge in [0.2, 0.25) is 5.91 Å². The summed E-state index contributed by atoms with van der Waals surface area (Å²) < 4.78 is 5.15. The Balaban J connectivity index is 1.98. The Hall–Kier alpha value is -1.65. The monoisotopic (exact) mass is 363 g/mol. The normalized spacial score (nSPS) is 13.2. The molecule has 1 N–H and O–H groups in total. The van der Waals surface area contributed by atoms with Crippen molar-refractivity contribution < 1.29 is 9.53 Å². The molecule has 0 heterocycles. The summed E-state index contributed by atoms with van der Waals surface area (Å²) in [6.45, 7) is 3.96. The fraction of sp³-hybridized carbons (Fsp3) is 0.316. The first-order valence-electron chi connectivity index (χ1n) is 7.90. The molecule has 2 unspecified atom stereocenters. The number of ether oxygens (including phenoxy) is 1. The minimum Gasteiger partial charge on any atom is -0.497 e. The first kappa shape index (κ1) is 18.7. The van der Waals surface area contributed by atoms with Crippen molar-refractivity contribution in [3.05, 3.63) is 59.1 Å². The van der Waals surface area contributed by atoms with Gasteiger partial charge in [0.05, 0.1) is 18.4 Å². The maximum absolute atomic E-state index is 12.5. The number of methoxy groups -OCH3 is 1. The summed E-state index contributed by atoms with van der Waals surface area (Å²) in [5, 5.41) is 3.60. The topological polar surface area (TPSA) is 38.3 Å². The van der Waals surface area contributed by atoms with E-state index in [2.05, 4.69) is 5.32 Å². The molecule has 0 spiro atoms. The molecule has 0 fully saturated rings. The van der Waals surface area contributed by atoms with Gasteiger partial charge in [-0.05, 0) is 55.3 Å². The molecule has 128 valence electrons. The molecule has 2 rings (SSSR count). The number of rotatable bonds is 7. The molecule has 0 aliphatic heterocycles. The molecule has 3 nitrogen and oxygen atoms in total. The summed E-state index contributed by atoms with van der Waals surface area (Å²) in [5.74, 6) is 0.825. The first-order valence-corrected chi connectivity index (χ1v) is 9.15. The van der Waals surface area contributed by atoms with E-state index in [9.17, 15) is 4.79 Å². The molecule has 5 heteroatoms. The van der Waals surface area contributed by atoms with Gasteiger partial charge in [-0.2, -0.15) is 0 Å². The number of nitrogens with one attached hydrogen (secondary N) is 1. The molecule has 0 aromatic heterocycles. The lowest BCUT2D eigenvalue weighted by atomic mass is 10.0. The Morgan fingerprint density at radius 3 is 2.54 bits per heavy atom. The van der Waals surface area contributed by atoms with Gasteiger partial charge >= 0.3 is 0 Å². The van der Waals surface area contributed by atoms with Gasteiger partial charge in [-0.15, -0.1) is 11.8 Å². The molecule has 2 atom stereocenters. The van der Waals surface area contributed by atoms with Crippen LogP contribution in [0.1, 0.15) is 31.9 Å². The van der Waals surface area contributed by atoms with Crippen LogP contribution in [0.2, 0.25) is 5.02 Å². The third kappa shape index (κ3) is 5.18. The van der Waals surface area contributed by atoms with Crippen molar-refractivity contribution in [2.24, 2.45) is 0 Å². The van der Waals surface area contributed by atoms with E-state index in [0.29, 0.717) is 5.02 Å². The highest BCUT2D eigenvalue weighted by Crippen LogP contribution is 2.27. The maximum atomic E-state index is 12.5. The lowest BCUT2D eigenvalue weighted by Gasteiger charge is -2.20. The number of hydrogen-bond donors (Lipinski definition) is 1. The Bertz CT molecular complexity index is 675. The van der Waals surface area contributed by atoms with Crippen LogP contribution < -0.4 is 10.1 Å². The smallest absolute Gasteiger partial charge is 0.233 e. The molecule has 2 aromatic carbocycles. The number of carbonyl (C=O) groups is 1. The molecule has 0 radical (unpaired) electrons. The molecule has 0 bridgehead atoms. The summed E-state index contributed by atoms with van der Waals surface area (Å²) in [7, 11) is 1.64. The first-order chi connectivity index (χ1) is 11.5. The van der Waals surface area contributed by atoms with E-state index in [4.69, 9.17) is 16.3 Å². The molecule has 1 amide bonds. The predicted octanol–water partition coefficient (Wildman–Crippen LogP) is 5.10. The van der Waals surface area contributed by atoms with Crippen molar-refractivity contribution in [1.82, 2.24) is 5.32 Å². The van der Waals surface area contributed by atoms with Crippen LogP contribution in [0, 0.1) is 0 Å². The fourth-order valence-corrected chi connectivity index (χ4v) is 3.42. The van der Waals surface area contributed by atoms with E-state index in [1.807, 2.05) is 62.4 Å². The van der Waals surface area contributed by atoms with E-state index in [1.54, 1.807) is 7.11 Å². The minimum atomic E-state index is -0.188. The Morgan fingerprint density at radius 1 is 1.25 bits per heavy atom. The number of thioether (sulfide) groups is 1. The number of amides is 1. The van der Waals surface area contributed by atoms with Crippen LogP contribution in [0.15, 0.2) is 53.4 Å². The molecule has 24 heavy (non-hydrogen) atoms. The maximum Gasteiger partial charge on any atom is 0.233 e. The molecule has 0 aliphatic carbocycles. The highest BCUT2D eigenvalue weighted by atomic mass is 35.5. The zero-order valence-electron chi connectivity index (χ0n) is 14.1. The zero-order valence-corrected chi connectivity index (χ0v) is 15.7. The summed E-state index contributed by atoms with van der Waals surface area (Å²) in [6.07, 6.45) is 0.812. The summed E-state index contributed by atoms with van der Waals surface area (Å²) in [6, 6.07) is 15.3. The number of hydrogen-bond acceptors (Lipinski definition) is 3. The summed E-state index contributed by atoms with van der Waals surface area (Å²) >= 11 is 7.58. The second kappa shape index (κ2) is 9.00. The Morgan fingerprint density at radius 2 is 1.96 bits per heavy atom. The fourth-order valence-electron chi connectivity index (χ4n) is 2.35. The van der Waals surface area contributed by atoms with Gasteiger partial charge in [0, 0.05) is 9.92 Å². The van der Waals surface area contributed by atoms with Gasteiger partial charge in [0.1, 0.15) is 5.75 Å². The van der Waals surface area contributed by atoms with Gasteiger partial charge in [-0.25, -0.2) is 0 Å². The lowest BCUT2D eigenvalue weighted by molar-refractivity contribution is -0.121. The quantitative estimate of drug-likeness (QED) is 0.696. The molecular weight excluding hydrogens is 342 g/mol.